The highest BCUT2D eigenvalue weighted by Crippen LogP contribution is 2.42. The minimum absolute atomic E-state index is 0.0218. The second-order valence-electron chi connectivity index (χ2n) is 5.56. The van der Waals surface area contributed by atoms with Gasteiger partial charge in [0.15, 0.2) is 0 Å². The molecule has 7 nitrogen and oxygen atoms in total. The number of rotatable bonds is 3. The molecule has 7 heteroatoms. The molecule has 0 amide bonds. The smallest absolute Gasteiger partial charge is 0.269 e. The number of nitro groups is 2. The zero-order valence-corrected chi connectivity index (χ0v) is 12.1. The molecule has 1 N–H and O–H groups in total. The van der Waals surface area contributed by atoms with E-state index in [1.54, 1.807) is 18.2 Å². The van der Waals surface area contributed by atoms with Gasteiger partial charge in [-0.2, -0.15) is 0 Å². The molecule has 2 aromatic rings. The minimum Gasteiger partial charge on any atom is -0.388 e. The number of aliphatic hydroxyl groups is 1. The third-order valence-corrected chi connectivity index (χ3v) is 4.25. The molecule has 3 rings (SSSR count). The summed E-state index contributed by atoms with van der Waals surface area (Å²) in [5.74, 6) is -0.0324. The lowest BCUT2D eigenvalue weighted by atomic mass is 9.77. The van der Waals surface area contributed by atoms with Crippen LogP contribution in [0.1, 0.15) is 41.6 Å². The van der Waals surface area contributed by atoms with Gasteiger partial charge in [0.2, 0.25) is 0 Å². The molecule has 0 heterocycles. The molecule has 2 unspecified atom stereocenters. The van der Waals surface area contributed by atoms with Gasteiger partial charge in [-0.15, -0.1) is 0 Å². The molecular weight excluding hydrogens is 300 g/mol. The van der Waals surface area contributed by atoms with Gasteiger partial charge in [0.25, 0.3) is 11.4 Å². The van der Waals surface area contributed by atoms with Crippen LogP contribution in [-0.2, 0) is 0 Å². The highest BCUT2D eigenvalue weighted by atomic mass is 16.6. The zero-order chi connectivity index (χ0) is 16.6. The Morgan fingerprint density at radius 1 is 0.870 bits per heavy atom. The van der Waals surface area contributed by atoms with Gasteiger partial charge in [0.05, 0.1) is 16.0 Å². The third-order valence-electron chi connectivity index (χ3n) is 4.25. The second-order valence-corrected chi connectivity index (χ2v) is 5.56. The number of nitrogens with zero attached hydrogens (tertiary/aromatic N) is 2. The van der Waals surface area contributed by atoms with E-state index < -0.39 is 16.0 Å². The van der Waals surface area contributed by atoms with Crippen LogP contribution in [0.5, 0.6) is 0 Å². The molecule has 0 fully saturated rings. The summed E-state index contributed by atoms with van der Waals surface area (Å²) in [6.07, 6.45) is 0.457. The molecule has 2 aromatic carbocycles. The monoisotopic (exact) mass is 314 g/mol. The maximum absolute atomic E-state index is 10.9. The molecule has 118 valence electrons. The molecule has 0 aliphatic heterocycles. The van der Waals surface area contributed by atoms with Crippen LogP contribution >= 0.6 is 0 Å². The van der Waals surface area contributed by atoms with E-state index >= 15 is 0 Å². The molecule has 0 saturated heterocycles. The van der Waals surface area contributed by atoms with Crippen LogP contribution in [0.4, 0.5) is 11.4 Å². The highest BCUT2D eigenvalue weighted by molar-refractivity contribution is 5.48. The Kier molecular flexibility index (Phi) is 3.79. The Labute approximate surface area is 131 Å². The Morgan fingerprint density at radius 3 is 2.09 bits per heavy atom. The molecule has 0 bridgehead atoms. The van der Waals surface area contributed by atoms with E-state index in [0.717, 1.165) is 11.1 Å². The lowest BCUT2D eigenvalue weighted by Crippen LogP contribution is -2.15. The summed E-state index contributed by atoms with van der Waals surface area (Å²) >= 11 is 0. The summed E-state index contributed by atoms with van der Waals surface area (Å²) in [6, 6.07) is 10.8. The second kappa shape index (κ2) is 5.77. The normalized spacial score (nSPS) is 19.9. The first-order valence-corrected chi connectivity index (χ1v) is 7.18. The van der Waals surface area contributed by atoms with Crippen molar-refractivity contribution >= 4 is 11.4 Å². The Morgan fingerprint density at radius 2 is 1.48 bits per heavy atom. The molecule has 0 aromatic heterocycles. The maximum atomic E-state index is 10.9. The van der Waals surface area contributed by atoms with E-state index in [9.17, 15) is 25.3 Å². The summed E-state index contributed by atoms with van der Waals surface area (Å²) in [5, 5.41) is 31.8. The summed E-state index contributed by atoms with van der Waals surface area (Å²) < 4.78 is 0. The summed E-state index contributed by atoms with van der Waals surface area (Å²) in [6.45, 7) is 0. The van der Waals surface area contributed by atoms with Crippen LogP contribution in [-0.4, -0.2) is 15.0 Å². The number of non-ortho nitro benzene ring substituents is 2. The summed E-state index contributed by atoms with van der Waals surface area (Å²) in [5.41, 5.74) is 2.27. The van der Waals surface area contributed by atoms with E-state index in [-0.39, 0.29) is 17.3 Å². The predicted molar refractivity (Wildman–Crippen MR) is 82.2 cm³/mol. The number of aliphatic hydroxyl groups excluding tert-OH is 1. The number of hydrogen-bond donors (Lipinski definition) is 1. The fourth-order valence-electron chi connectivity index (χ4n) is 3.09. The molecule has 0 radical (unpaired) electrons. The van der Waals surface area contributed by atoms with Crippen LogP contribution in [0.25, 0.3) is 0 Å². The van der Waals surface area contributed by atoms with Crippen molar-refractivity contribution in [1.29, 1.82) is 0 Å². The third kappa shape index (κ3) is 2.78. The van der Waals surface area contributed by atoms with Crippen molar-refractivity contribution < 1.29 is 15.0 Å². The average Bonchev–Trinajstić information content (AvgIpc) is 2.55. The molecule has 0 spiro atoms. The van der Waals surface area contributed by atoms with Gasteiger partial charge in [-0.25, -0.2) is 0 Å². The van der Waals surface area contributed by atoms with Gasteiger partial charge in [0, 0.05) is 30.2 Å². The standard InChI is InChI=1S/C16H14N2O5/c19-16-8-7-13(10-1-3-11(4-2-10)17(20)21)14-6-5-12(18(22)23)9-15(14)16/h1-6,9,13,16,19H,7-8H2. The Bertz CT molecular complexity index is 773. The van der Waals surface area contributed by atoms with Gasteiger partial charge in [0.1, 0.15) is 0 Å². The van der Waals surface area contributed by atoms with E-state index in [4.69, 9.17) is 0 Å². The summed E-state index contributed by atoms with van der Waals surface area (Å²) in [7, 11) is 0. The lowest BCUT2D eigenvalue weighted by Gasteiger charge is -2.29. The van der Waals surface area contributed by atoms with Crippen molar-refractivity contribution in [1.82, 2.24) is 0 Å². The fraction of sp³-hybridized carbons (Fsp3) is 0.250. The van der Waals surface area contributed by atoms with Gasteiger partial charge in [-0.05, 0) is 29.5 Å². The maximum Gasteiger partial charge on any atom is 0.269 e. The Hall–Kier alpha value is -2.80. The van der Waals surface area contributed by atoms with Gasteiger partial charge < -0.3 is 5.11 Å². The SMILES string of the molecule is O=[N+]([O-])c1ccc(C2CCC(O)c3cc([N+](=O)[O-])ccc32)cc1. The summed E-state index contributed by atoms with van der Waals surface area (Å²) in [4.78, 5) is 20.7. The van der Waals surface area contributed by atoms with E-state index in [2.05, 4.69) is 0 Å². The van der Waals surface area contributed by atoms with Gasteiger partial charge in [-0.3, -0.25) is 20.2 Å². The first-order chi connectivity index (χ1) is 11.0. The molecule has 1 aliphatic carbocycles. The van der Waals surface area contributed by atoms with Crippen molar-refractivity contribution in [2.45, 2.75) is 24.9 Å². The minimum atomic E-state index is -0.723. The molecule has 23 heavy (non-hydrogen) atoms. The van der Waals surface area contributed by atoms with Gasteiger partial charge >= 0.3 is 0 Å². The zero-order valence-electron chi connectivity index (χ0n) is 12.1. The number of nitro benzene ring substituents is 2. The Balaban J connectivity index is 2.01. The van der Waals surface area contributed by atoms with Crippen LogP contribution in [0.2, 0.25) is 0 Å². The van der Waals surface area contributed by atoms with Crippen LogP contribution in [0.3, 0.4) is 0 Å². The largest absolute Gasteiger partial charge is 0.388 e. The predicted octanol–water partition coefficient (Wildman–Crippen LogP) is 3.46. The number of fused-ring (bicyclic) bond motifs is 1. The molecular formula is C16H14N2O5. The first kappa shape index (κ1) is 15.1. The molecule has 2 atom stereocenters. The van der Waals surface area contributed by atoms with Crippen molar-refractivity contribution in [3.8, 4) is 0 Å². The average molecular weight is 314 g/mol. The lowest BCUT2D eigenvalue weighted by molar-refractivity contribution is -0.385. The fourth-order valence-corrected chi connectivity index (χ4v) is 3.09. The molecule has 1 aliphatic rings. The van der Waals surface area contributed by atoms with Crippen LogP contribution in [0, 0.1) is 20.2 Å². The van der Waals surface area contributed by atoms with Crippen molar-refractivity contribution in [3.05, 3.63) is 79.4 Å². The number of hydrogen-bond acceptors (Lipinski definition) is 5. The van der Waals surface area contributed by atoms with Crippen LogP contribution < -0.4 is 0 Å². The highest BCUT2D eigenvalue weighted by Gasteiger charge is 2.29. The van der Waals surface area contributed by atoms with Crippen molar-refractivity contribution in [2.24, 2.45) is 0 Å². The van der Waals surface area contributed by atoms with E-state index in [1.807, 2.05) is 0 Å². The van der Waals surface area contributed by atoms with Crippen molar-refractivity contribution in [2.75, 3.05) is 0 Å². The van der Waals surface area contributed by atoms with E-state index in [1.165, 1.54) is 24.3 Å². The van der Waals surface area contributed by atoms with Gasteiger partial charge in [-0.1, -0.05) is 18.2 Å². The first-order valence-electron chi connectivity index (χ1n) is 7.18. The topological polar surface area (TPSA) is 107 Å². The number of benzene rings is 2. The van der Waals surface area contributed by atoms with Crippen molar-refractivity contribution in [3.63, 3.8) is 0 Å². The van der Waals surface area contributed by atoms with E-state index in [0.29, 0.717) is 18.4 Å². The van der Waals surface area contributed by atoms with Crippen LogP contribution in [0.15, 0.2) is 42.5 Å². The molecule has 0 saturated carbocycles. The quantitative estimate of drug-likeness (QED) is 0.689.